The molecule has 0 saturated heterocycles. The number of amides is 1. The topological polar surface area (TPSA) is 50.4 Å². The molecule has 1 amide bonds. The maximum absolute atomic E-state index is 11.7. The fourth-order valence-corrected chi connectivity index (χ4v) is 2.26. The first-order valence-corrected chi connectivity index (χ1v) is 7.59. The lowest BCUT2D eigenvalue weighted by Gasteiger charge is -2.14. The minimum Gasteiger partial charge on any atom is -0.494 e. The molecule has 1 heterocycles. The van der Waals surface area contributed by atoms with Crippen molar-refractivity contribution < 1.29 is 9.53 Å². The van der Waals surface area contributed by atoms with Crippen LogP contribution in [0.4, 0.5) is 0 Å². The molecule has 0 bridgehead atoms. The highest BCUT2D eigenvalue weighted by Crippen LogP contribution is 2.12. The third-order valence-electron chi connectivity index (χ3n) is 3.48. The Morgan fingerprint density at radius 3 is 3.00 bits per heavy atom. The summed E-state index contributed by atoms with van der Waals surface area (Å²) in [7, 11) is 0. The summed E-state index contributed by atoms with van der Waals surface area (Å²) in [6.07, 6.45) is 4.43. The van der Waals surface area contributed by atoms with Crippen molar-refractivity contribution in [2.75, 3.05) is 26.2 Å². The standard InChI is InChI=1S/C17H24N2O2.ClH/c1-14-4-2-5-16(12-14)21-11-3-6-17(20)19-13-15-7-9-18-10-8-15;/h2,4-5,7,12,18H,3,6,8-11,13H2,1H3,(H,19,20);1H. The lowest BCUT2D eigenvalue weighted by Crippen LogP contribution is -2.29. The van der Waals surface area contributed by atoms with Gasteiger partial charge in [0.15, 0.2) is 0 Å². The molecule has 1 aromatic carbocycles. The van der Waals surface area contributed by atoms with Gasteiger partial charge >= 0.3 is 0 Å². The third-order valence-corrected chi connectivity index (χ3v) is 3.48. The van der Waals surface area contributed by atoms with Gasteiger partial charge in [0.2, 0.25) is 5.91 Å². The number of carbonyl (C=O) groups excluding carboxylic acids is 1. The normalized spacial score (nSPS) is 13.8. The molecular formula is C17H25ClN2O2. The molecule has 4 nitrogen and oxygen atoms in total. The first kappa shape index (κ1) is 18.5. The molecule has 0 unspecified atom stereocenters. The average Bonchev–Trinajstić information content (AvgIpc) is 2.51. The highest BCUT2D eigenvalue weighted by molar-refractivity contribution is 5.85. The van der Waals surface area contributed by atoms with Crippen molar-refractivity contribution >= 4 is 18.3 Å². The Kier molecular flexibility index (Phi) is 8.63. The molecule has 0 radical (unpaired) electrons. The van der Waals surface area contributed by atoms with Gasteiger partial charge in [0.05, 0.1) is 6.61 Å². The Morgan fingerprint density at radius 2 is 2.27 bits per heavy atom. The van der Waals surface area contributed by atoms with Crippen molar-refractivity contribution in [3.63, 3.8) is 0 Å². The van der Waals surface area contributed by atoms with Gasteiger partial charge in [-0.1, -0.05) is 23.8 Å². The second-order valence-corrected chi connectivity index (χ2v) is 5.36. The zero-order valence-electron chi connectivity index (χ0n) is 13.1. The van der Waals surface area contributed by atoms with E-state index in [4.69, 9.17) is 4.74 Å². The van der Waals surface area contributed by atoms with Crippen molar-refractivity contribution in [3.8, 4) is 5.75 Å². The highest BCUT2D eigenvalue weighted by atomic mass is 35.5. The smallest absolute Gasteiger partial charge is 0.220 e. The molecule has 1 aliphatic heterocycles. The fourth-order valence-electron chi connectivity index (χ4n) is 2.26. The van der Waals surface area contributed by atoms with Gasteiger partial charge in [-0.25, -0.2) is 0 Å². The zero-order valence-corrected chi connectivity index (χ0v) is 13.9. The largest absolute Gasteiger partial charge is 0.494 e. The van der Waals surface area contributed by atoms with Crippen LogP contribution in [0.15, 0.2) is 35.9 Å². The lowest BCUT2D eigenvalue weighted by atomic mass is 10.1. The molecular weight excluding hydrogens is 300 g/mol. The second kappa shape index (κ2) is 10.2. The Balaban J connectivity index is 0.00000242. The Bertz CT molecular complexity index is 503. The van der Waals surface area contributed by atoms with E-state index in [0.29, 0.717) is 19.6 Å². The van der Waals surface area contributed by atoms with Crippen LogP contribution in [0.1, 0.15) is 24.8 Å². The van der Waals surface area contributed by atoms with E-state index in [1.165, 1.54) is 11.1 Å². The number of rotatable bonds is 7. The fraction of sp³-hybridized carbons (Fsp3) is 0.471. The summed E-state index contributed by atoms with van der Waals surface area (Å²) in [4.78, 5) is 11.7. The minimum atomic E-state index is 0. The van der Waals surface area contributed by atoms with E-state index in [9.17, 15) is 4.79 Å². The van der Waals surface area contributed by atoms with E-state index in [1.807, 2.05) is 31.2 Å². The molecule has 122 valence electrons. The molecule has 0 aliphatic carbocycles. The maximum Gasteiger partial charge on any atom is 0.220 e. The van der Waals surface area contributed by atoms with Crippen molar-refractivity contribution in [2.45, 2.75) is 26.2 Å². The van der Waals surface area contributed by atoms with Crippen LogP contribution in [0.2, 0.25) is 0 Å². The van der Waals surface area contributed by atoms with Crippen molar-refractivity contribution in [1.82, 2.24) is 10.6 Å². The third kappa shape index (κ3) is 6.96. The lowest BCUT2D eigenvalue weighted by molar-refractivity contribution is -0.121. The van der Waals surface area contributed by atoms with Gasteiger partial charge in [-0.2, -0.15) is 0 Å². The van der Waals surface area contributed by atoms with Crippen LogP contribution in [0.5, 0.6) is 5.75 Å². The number of ether oxygens (including phenoxy) is 1. The first-order valence-electron chi connectivity index (χ1n) is 7.59. The first-order chi connectivity index (χ1) is 10.2. The predicted molar refractivity (Wildman–Crippen MR) is 91.7 cm³/mol. The summed E-state index contributed by atoms with van der Waals surface area (Å²) >= 11 is 0. The van der Waals surface area contributed by atoms with Gasteiger partial charge in [0, 0.05) is 19.5 Å². The van der Waals surface area contributed by atoms with Crippen molar-refractivity contribution in [1.29, 1.82) is 0 Å². The number of nitrogens with one attached hydrogen (secondary N) is 2. The van der Waals surface area contributed by atoms with Crippen LogP contribution in [0.3, 0.4) is 0 Å². The quantitative estimate of drug-likeness (QED) is 0.599. The minimum absolute atomic E-state index is 0. The monoisotopic (exact) mass is 324 g/mol. The van der Waals surface area contributed by atoms with Gasteiger partial charge in [-0.15, -0.1) is 12.4 Å². The van der Waals surface area contributed by atoms with E-state index in [0.717, 1.165) is 31.7 Å². The Labute approximate surface area is 138 Å². The van der Waals surface area contributed by atoms with E-state index < -0.39 is 0 Å². The van der Waals surface area contributed by atoms with Crippen LogP contribution in [-0.2, 0) is 4.79 Å². The van der Waals surface area contributed by atoms with E-state index in [-0.39, 0.29) is 18.3 Å². The van der Waals surface area contributed by atoms with Crippen LogP contribution >= 0.6 is 12.4 Å². The van der Waals surface area contributed by atoms with Gasteiger partial charge in [-0.05, 0) is 44.0 Å². The van der Waals surface area contributed by atoms with E-state index in [2.05, 4.69) is 16.7 Å². The summed E-state index contributed by atoms with van der Waals surface area (Å²) in [5.41, 5.74) is 2.50. The zero-order chi connectivity index (χ0) is 14.9. The predicted octanol–water partition coefficient (Wildman–Crippen LogP) is 2.61. The molecule has 5 heteroatoms. The number of halogens is 1. The molecule has 0 atom stereocenters. The molecule has 1 aliphatic rings. The summed E-state index contributed by atoms with van der Waals surface area (Å²) in [5, 5.41) is 6.23. The Hall–Kier alpha value is -1.52. The van der Waals surface area contributed by atoms with Gasteiger partial charge < -0.3 is 15.4 Å². The maximum atomic E-state index is 11.7. The van der Waals surface area contributed by atoms with E-state index in [1.54, 1.807) is 0 Å². The van der Waals surface area contributed by atoms with Crippen LogP contribution in [0.25, 0.3) is 0 Å². The molecule has 2 rings (SSSR count). The number of benzene rings is 1. The SMILES string of the molecule is Cc1cccc(OCCCC(=O)NCC2=CCNCC2)c1.Cl. The second-order valence-electron chi connectivity index (χ2n) is 5.36. The number of hydrogen-bond donors (Lipinski definition) is 2. The molecule has 2 N–H and O–H groups in total. The van der Waals surface area contributed by atoms with Gasteiger partial charge in [0.25, 0.3) is 0 Å². The van der Waals surface area contributed by atoms with Gasteiger partial charge in [0.1, 0.15) is 5.75 Å². The average molecular weight is 325 g/mol. The highest BCUT2D eigenvalue weighted by Gasteiger charge is 2.05. The van der Waals surface area contributed by atoms with Crippen molar-refractivity contribution in [2.24, 2.45) is 0 Å². The molecule has 0 fully saturated rings. The number of aryl methyl sites for hydroxylation is 1. The molecule has 22 heavy (non-hydrogen) atoms. The van der Waals surface area contributed by atoms with E-state index >= 15 is 0 Å². The Morgan fingerprint density at radius 1 is 1.41 bits per heavy atom. The molecule has 0 saturated carbocycles. The molecule has 0 aromatic heterocycles. The number of carbonyl (C=O) groups is 1. The molecule has 0 spiro atoms. The summed E-state index contributed by atoms with van der Waals surface area (Å²) in [6.45, 7) is 5.21. The summed E-state index contributed by atoms with van der Waals surface area (Å²) < 4.78 is 5.63. The van der Waals surface area contributed by atoms with Gasteiger partial charge in [-0.3, -0.25) is 4.79 Å². The van der Waals surface area contributed by atoms with Crippen LogP contribution in [-0.4, -0.2) is 32.1 Å². The molecule has 1 aromatic rings. The van der Waals surface area contributed by atoms with Crippen LogP contribution in [0, 0.1) is 6.92 Å². The summed E-state index contributed by atoms with van der Waals surface area (Å²) in [5.74, 6) is 0.970. The van der Waals surface area contributed by atoms with Crippen molar-refractivity contribution in [3.05, 3.63) is 41.5 Å². The summed E-state index contributed by atoms with van der Waals surface area (Å²) in [6, 6.07) is 7.96. The van der Waals surface area contributed by atoms with Crippen LogP contribution < -0.4 is 15.4 Å². The number of hydrogen-bond acceptors (Lipinski definition) is 3.